The van der Waals surface area contributed by atoms with Gasteiger partial charge in [0.1, 0.15) is 0 Å². The summed E-state index contributed by atoms with van der Waals surface area (Å²) in [6.45, 7) is 0.811. The molecule has 106 valence electrons. The molecular formula is C15H29NOS. The number of thioether (sulfide) groups is 1. The van der Waals surface area contributed by atoms with Crippen LogP contribution in [0.1, 0.15) is 57.8 Å². The van der Waals surface area contributed by atoms with Gasteiger partial charge in [-0.05, 0) is 44.3 Å². The molecule has 0 bridgehead atoms. The maximum atomic E-state index is 10.1. The van der Waals surface area contributed by atoms with Crippen molar-refractivity contribution in [2.24, 2.45) is 5.92 Å². The Balaban J connectivity index is 1.56. The highest BCUT2D eigenvalue weighted by Gasteiger charge is 2.22. The van der Waals surface area contributed by atoms with Gasteiger partial charge < -0.3 is 10.4 Å². The van der Waals surface area contributed by atoms with Crippen LogP contribution in [0.3, 0.4) is 0 Å². The van der Waals surface area contributed by atoms with Gasteiger partial charge in [-0.3, -0.25) is 0 Å². The summed E-state index contributed by atoms with van der Waals surface area (Å²) in [5.41, 5.74) is 0. The minimum atomic E-state index is -0.119. The van der Waals surface area contributed by atoms with Crippen LogP contribution >= 0.6 is 11.8 Å². The summed E-state index contributed by atoms with van der Waals surface area (Å²) in [7, 11) is 0. The van der Waals surface area contributed by atoms with Crippen molar-refractivity contribution in [3.8, 4) is 0 Å². The summed E-state index contributed by atoms with van der Waals surface area (Å²) in [5, 5.41) is 14.5. The van der Waals surface area contributed by atoms with Crippen molar-refractivity contribution in [3.63, 3.8) is 0 Å². The highest BCUT2D eigenvalue weighted by molar-refractivity contribution is 7.99. The van der Waals surface area contributed by atoms with Crippen LogP contribution < -0.4 is 5.32 Å². The largest absolute Gasteiger partial charge is 0.392 e. The van der Waals surface area contributed by atoms with E-state index in [0.29, 0.717) is 6.04 Å². The van der Waals surface area contributed by atoms with Gasteiger partial charge >= 0.3 is 0 Å². The molecule has 2 nitrogen and oxygen atoms in total. The molecule has 0 aromatic heterocycles. The molecular weight excluding hydrogens is 242 g/mol. The molecule has 3 heteroatoms. The molecule has 2 aliphatic carbocycles. The van der Waals surface area contributed by atoms with Gasteiger partial charge in [-0.25, -0.2) is 0 Å². The number of aliphatic hydroxyl groups excluding tert-OH is 1. The Morgan fingerprint density at radius 2 is 1.78 bits per heavy atom. The van der Waals surface area contributed by atoms with E-state index in [2.05, 4.69) is 11.6 Å². The zero-order valence-corrected chi connectivity index (χ0v) is 12.6. The minimum absolute atomic E-state index is 0.119. The highest BCUT2D eigenvalue weighted by Crippen LogP contribution is 2.29. The first-order valence-electron chi connectivity index (χ1n) is 7.72. The molecule has 2 aliphatic rings. The molecule has 0 aliphatic heterocycles. The van der Waals surface area contributed by atoms with Crippen molar-refractivity contribution in [1.82, 2.24) is 5.32 Å². The molecule has 1 unspecified atom stereocenters. The Morgan fingerprint density at radius 1 is 1.11 bits per heavy atom. The lowest BCUT2D eigenvalue weighted by Crippen LogP contribution is -2.39. The van der Waals surface area contributed by atoms with Crippen molar-refractivity contribution >= 4 is 11.8 Å². The van der Waals surface area contributed by atoms with Crippen LogP contribution in [0.25, 0.3) is 0 Å². The third kappa shape index (κ3) is 4.75. The average Bonchev–Trinajstić information content (AvgIpc) is 2.90. The second kappa shape index (κ2) is 7.76. The molecule has 0 radical (unpaired) electrons. The Morgan fingerprint density at radius 3 is 2.39 bits per heavy atom. The number of hydrogen-bond donors (Lipinski definition) is 2. The fraction of sp³-hybridized carbons (Fsp3) is 1.00. The standard InChI is InChI=1S/C15H29NOS/c1-18-15-8-6-13(7-9-15)16-11-14(17)10-12-4-2-3-5-12/h12-17H,2-11H2,1H3. The maximum Gasteiger partial charge on any atom is 0.0667 e. The first-order chi connectivity index (χ1) is 8.78. The second-order valence-electron chi connectivity index (χ2n) is 6.16. The number of nitrogens with one attached hydrogen (secondary N) is 1. The average molecular weight is 271 g/mol. The predicted molar refractivity (Wildman–Crippen MR) is 80.1 cm³/mol. The Bertz CT molecular complexity index is 223. The lowest BCUT2D eigenvalue weighted by Gasteiger charge is -2.29. The van der Waals surface area contributed by atoms with Gasteiger partial charge in [0.15, 0.2) is 0 Å². The predicted octanol–water partition coefficient (Wildman–Crippen LogP) is 3.19. The Hall–Kier alpha value is 0.270. The van der Waals surface area contributed by atoms with Crippen molar-refractivity contribution in [1.29, 1.82) is 0 Å². The fourth-order valence-corrected chi connectivity index (χ4v) is 4.26. The van der Waals surface area contributed by atoms with Gasteiger partial charge in [0, 0.05) is 17.8 Å². The van der Waals surface area contributed by atoms with E-state index in [1.165, 1.54) is 51.4 Å². The van der Waals surface area contributed by atoms with Gasteiger partial charge in [0.2, 0.25) is 0 Å². The quantitative estimate of drug-likeness (QED) is 0.778. The molecule has 1 atom stereocenters. The Labute approximate surface area is 116 Å². The molecule has 18 heavy (non-hydrogen) atoms. The van der Waals surface area contributed by atoms with Crippen LogP contribution in [0.15, 0.2) is 0 Å². The van der Waals surface area contributed by atoms with E-state index in [0.717, 1.165) is 24.1 Å². The smallest absolute Gasteiger partial charge is 0.0667 e. The minimum Gasteiger partial charge on any atom is -0.392 e. The van der Waals surface area contributed by atoms with E-state index >= 15 is 0 Å². The Kier molecular flexibility index (Phi) is 6.33. The summed E-state index contributed by atoms with van der Waals surface area (Å²) in [4.78, 5) is 0. The van der Waals surface area contributed by atoms with E-state index in [1.807, 2.05) is 11.8 Å². The molecule has 0 amide bonds. The van der Waals surface area contributed by atoms with Gasteiger partial charge in [0.25, 0.3) is 0 Å². The van der Waals surface area contributed by atoms with E-state index in [9.17, 15) is 5.11 Å². The maximum absolute atomic E-state index is 10.1. The van der Waals surface area contributed by atoms with Gasteiger partial charge in [-0.15, -0.1) is 0 Å². The molecule has 0 aromatic carbocycles. The van der Waals surface area contributed by atoms with Gasteiger partial charge in [0.05, 0.1) is 6.10 Å². The molecule has 0 heterocycles. The lowest BCUT2D eigenvalue weighted by atomic mass is 9.94. The number of aliphatic hydroxyl groups is 1. The van der Waals surface area contributed by atoms with Crippen molar-refractivity contribution in [3.05, 3.63) is 0 Å². The van der Waals surface area contributed by atoms with Crippen molar-refractivity contribution in [2.45, 2.75) is 75.2 Å². The molecule has 0 spiro atoms. The SMILES string of the molecule is CSC1CCC(NCC(O)CC2CCCC2)CC1. The molecule has 2 fully saturated rings. The van der Waals surface area contributed by atoms with Crippen molar-refractivity contribution < 1.29 is 5.11 Å². The van der Waals surface area contributed by atoms with E-state index in [4.69, 9.17) is 0 Å². The van der Waals surface area contributed by atoms with Crippen LogP contribution in [0.4, 0.5) is 0 Å². The van der Waals surface area contributed by atoms with Gasteiger partial charge in [-0.1, -0.05) is 25.7 Å². The van der Waals surface area contributed by atoms with Crippen LogP contribution in [0.5, 0.6) is 0 Å². The summed E-state index contributed by atoms with van der Waals surface area (Å²) < 4.78 is 0. The molecule has 2 rings (SSSR count). The summed E-state index contributed by atoms with van der Waals surface area (Å²) in [5.74, 6) is 0.800. The van der Waals surface area contributed by atoms with Crippen LogP contribution in [-0.2, 0) is 0 Å². The third-order valence-electron chi connectivity index (χ3n) is 4.73. The topological polar surface area (TPSA) is 32.3 Å². The monoisotopic (exact) mass is 271 g/mol. The lowest BCUT2D eigenvalue weighted by molar-refractivity contribution is 0.134. The molecule has 2 N–H and O–H groups in total. The first kappa shape index (κ1) is 14.7. The zero-order valence-electron chi connectivity index (χ0n) is 11.7. The molecule has 2 saturated carbocycles. The van der Waals surface area contributed by atoms with Crippen LogP contribution in [0, 0.1) is 5.92 Å². The second-order valence-corrected chi connectivity index (χ2v) is 7.30. The van der Waals surface area contributed by atoms with E-state index in [1.54, 1.807) is 0 Å². The number of rotatable bonds is 6. The molecule has 0 saturated heterocycles. The van der Waals surface area contributed by atoms with Crippen LogP contribution in [-0.4, -0.2) is 35.3 Å². The molecule has 0 aromatic rings. The highest BCUT2D eigenvalue weighted by atomic mass is 32.2. The zero-order chi connectivity index (χ0) is 12.8. The summed E-state index contributed by atoms with van der Waals surface area (Å²) in [6, 6.07) is 0.659. The normalized spacial score (nSPS) is 31.7. The van der Waals surface area contributed by atoms with E-state index < -0.39 is 0 Å². The summed E-state index contributed by atoms with van der Waals surface area (Å²) >= 11 is 2.02. The first-order valence-corrected chi connectivity index (χ1v) is 9.01. The summed E-state index contributed by atoms with van der Waals surface area (Å²) in [6.07, 6.45) is 13.8. The van der Waals surface area contributed by atoms with Crippen molar-refractivity contribution in [2.75, 3.05) is 12.8 Å². The van der Waals surface area contributed by atoms with Crippen LogP contribution in [0.2, 0.25) is 0 Å². The fourth-order valence-electron chi connectivity index (χ4n) is 3.52. The third-order valence-corrected chi connectivity index (χ3v) is 5.87. The number of hydrogen-bond acceptors (Lipinski definition) is 3. The van der Waals surface area contributed by atoms with Gasteiger partial charge in [-0.2, -0.15) is 11.8 Å². The van der Waals surface area contributed by atoms with E-state index in [-0.39, 0.29) is 6.10 Å².